The number of fused-ring (bicyclic) bond motifs is 2. The molecule has 0 spiro atoms. The molecule has 2 heterocycles. The molecule has 0 saturated carbocycles. The van der Waals surface area contributed by atoms with Gasteiger partial charge >= 0.3 is 6.09 Å². The lowest BCUT2D eigenvalue weighted by Gasteiger charge is -2.37. The molecular formula is C32H30N2O3S2. The number of hydrogen-bond acceptors (Lipinski definition) is 5. The van der Waals surface area contributed by atoms with Crippen molar-refractivity contribution in [3.8, 4) is 0 Å². The Morgan fingerprint density at radius 3 is 2.56 bits per heavy atom. The van der Waals surface area contributed by atoms with Gasteiger partial charge in [-0.2, -0.15) is 0 Å². The molecule has 198 valence electrons. The number of nitrogens with zero attached hydrogens (tertiary/aromatic N) is 2. The zero-order valence-corrected chi connectivity index (χ0v) is 23.2. The van der Waals surface area contributed by atoms with E-state index >= 15 is 0 Å². The fraction of sp³-hybridized carbons (Fsp3) is 0.250. The van der Waals surface area contributed by atoms with E-state index in [-0.39, 0.29) is 12.0 Å². The van der Waals surface area contributed by atoms with Crippen molar-refractivity contribution < 1.29 is 14.6 Å². The molecule has 0 radical (unpaired) electrons. The summed E-state index contributed by atoms with van der Waals surface area (Å²) in [5, 5.41) is 12.0. The first-order valence-electron chi connectivity index (χ1n) is 13.3. The number of carboxylic acid groups (broad SMARTS) is 1. The van der Waals surface area contributed by atoms with E-state index in [1.807, 2.05) is 30.0 Å². The Balaban J connectivity index is 1.10. The van der Waals surface area contributed by atoms with Gasteiger partial charge in [-0.25, -0.2) is 9.78 Å². The molecule has 1 aliphatic heterocycles. The first-order chi connectivity index (χ1) is 19.1. The minimum absolute atomic E-state index is 0.159. The highest BCUT2D eigenvalue weighted by Gasteiger charge is 2.33. The molecule has 1 fully saturated rings. The third kappa shape index (κ3) is 6.11. The number of benzene rings is 4. The van der Waals surface area contributed by atoms with Gasteiger partial charge in [0.2, 0.25) is 0 Å². The summed E-state index contributed by atoms with van der Waals surface area (Å²) in [4.78, 5) is 17.9. The second-order valence-electron chi connectivity index (χ2n) is 9.94. The van der Waals surface area contributed by atoms with Crippen LogP contribution in [0.3, 0.4) is 0 Å². The summed E-state index contributed by atoms with van der Waals surface area (Å²) in [6.45, 7) is 1.37. The zero-order valence-electron chi connectivity index (χ0n) is 21.5. The van der Waals surface area contributed by atoms with Gasteiger partial charge in [-0.3, -0.25) is 0 Å². The van der Waals surface area contributed by atoms with Gasteiger partial charge in [-0.1, -0.05) is 84.6 Å². The van der Waals surface area contributed by atoms with Crippen molar-refractivity contribution >= 4 is 50.2 Å². The maximum Gasteiger partial charge on any atom is 0.407 e. The van der Waals surface area contributed by atoms with Crippen molar-refractivity contribution in [2.45, 2.75) is 35.8 Å². The number of amides is 1. The third-order valence-corrected chi connectivity index (χ3v) is 9.59. The zero-order chi connectivity index (χ0) is 26.6. The Bertz CT molecular complexity index is 1550. The lowest BCUT2D eigenvalue weighted by Crippen LogP contribution is -2.46. The van der Waals surface area contributed by atoms with E-state index in [0.717, 1.165) is 34.0 Å². The van der Waals surface area contributed by atoms with Crippen LogP contribution in [-0.2, 0) is 17.8 Å². The van der Waals surface area contributed by atoms with Crippen molar-refractivity contribution in [3.05, 3.63) is 108 Å². The SMILES string of the molecule is O=C(O)N1CCC(c2ccc(CCSc3nc4ccccc4s3)cc2)C(OCc2ccc3ccccc3c2)C1. The number of aromatic nitrogens is 1. The van der Waals surface area contributed by atoms with Gasteiger partial charge in [0.05, 0.1) is 29.5 Å². The van der Waals surface area contributed by atoms with E-state index in [1.54, 1.807) is 11.3 Å². The molecule has 1 amide bonds. The van der Waals surface area contributed by atoms with Crippen molar-refractivity contribution in [3.63, 3.8) is 0 Å². The quantitative estimate of drug-likeness (QED) is 0.198. The number of likely N-dealkylation sites (tertiary alicyclic amines) is 1. The van der Waals surface area contributed by atoms with Crippen molar-refractivity contribution in [2.75, 3.05) is 18.8 Å². The van der Waals surface area contributed by atoms with Crippen molar-refractivity contribution in [1.82, 2.24) is 9.88 Å². The monoisotopic (exact) mass is 554 g/mol. The van der Waals surface area contributed by atoms with Crippen LogP contribution in [0.25, 0.3) is 21.0 Å². The number of rotatable bonds is 8. The molecular weight excluding hydrogens is 524 g/mol. The molecule has 0 bridgehead atoms. The highest BCUT2D eigenvalue weighted by molar-refractivity contribution is 8.01. The standard InChI is InChI=1S/C32H30N2O3S2/c35-32(36)34-17-15-27(29(20-34)37-21-23-11-12-24-5-1-2-6-26(24)19-23)25-13-9-22(10-14-25)16-18-38-31-33-28-7-3-4-8-30(28)39-31/h1-14,19,27,29H,15-18,20-21H2,(H,35,36). The first-order valence-corrected chi connectivity index (χ1v) is 15.1. The smallest absolute Gasteiger partial charge is 0.407 e. The Morgan fingerprint density at radius 2 is 1.74 bits per heavy atom. The van der Waals surface area contributed by atoms with Crippen LogP contribution in [0.4, 0.5) is 4.79 Å². The Kier molecular flexibility index (Phi) is 7.81. The van der Waals surface area contributed by atoms with Crippen LogP contribution in [0.15, 0.2) is 95.3 Å². The van der Waals surface area contributed by atoms with Crippen molar-refractivity contribution in [1.29, 1.82) is 0 Å². The molecule has 1 N–H and O–H groups in total. The minimum atomic E-state index is -0.881. The van der Waals surface area contributed by atoms with Crippen LogP contribution in [0.1, 0.15) is 29.0 Å². The van der Waals surface area contributed by atoms with Gasteiger partial charge in [0.15, 0.2) is 4.34 Å². The molecule has 1 aromatic heterocycles. The van der Waals surface area contributed by atoms with Gasteiger partial charge in [0, 0.05) is 18.2 Å². The maximum absolute atomic E-state index is 11.7. The number of thioether (sulfide) groups is 1. The molecule has 0 aliphatic carbocycles. The van der Waals surface area contributed by atoms with Gasteiger partial charge in [-0.15, -0.1) is 11.3 Å². The summed E-state index contributed by atoms with van der Waals surface area (Å²) in [7, 11) is 0. The number of thiazole rings is 1. The molecule has 4 aromatic carbocycles. The molecule has 5 aromatic rings. The van der Waals surface area contributed by atoms with E-state index in [4.69, 9.17) is 9.72 Å². The Labute approximate surface area is 236 Å². The summed E-state index contributed by atoms with van der Waals surface area (Å²) in [5.74, 6) is 1.14. The van der Waals surface area contributed by atoms with Crippen LogP contribution >= 0.6 is 23.1 Å². The predicted octanol–water partition coefficient (Wildman–Crippen LogP) is 7.84. The number of ether oxygens (including phenoxy) is 1. The van der Waals surface area contributed by atoms with Crippen LogP contribution in [0, 0.1) is 0 Å². The average Bonchev–Trinajstić information content (AvgIpc) is 3.39. The van der Waals surface area contributed by atoms with E-state index in [9.17, 15) is 9.90 Å². The van der Waals surface area contributed by atoms with E-state index < -0.39 is 6.09 Å². The summed E-state index contributed by atoms with van der Waals surface area (Å²) >= 11 is 3.56. The predicted molar refractivity (Wildman–Crippen MR) is 160 cm³/mol. The first kappa shape index (κ1) is 25.9. The molecule has 5 nitrogen and oxygen atoms in total. The maximum atomic E-state index is 11.7. The topological polar surface area (TPSA) is 62.7 Å². The number of hydrogen-bond donors (Lipinski definition) is 1. The third-order valence-electron chi connectivity index (χ3n) is 7.41. The molecule has 6 rings (SSSR count). The molecule has 1 aliphatic rings. The van der Waals surface area contributed by atoms with Gasteiger partial charge in [0.25, 0.3) is 0 Å². The molecule has 39 heavy (non-hydrogen) atoms. The van der Waals surface area contributed by atoms with Crippen LogP contribution < -0.4 is 0 Å². The van der Waals surface area contributed by atoms with Gasteiger partial charge in [-0.05, 0) is 58.5 Å². The van der Waals surface area contributed by atoms with Crippen LogP contribution in [0.2, 0.25) is 0 Å². The van der Waals surface area contributed by atoms with Gasteiger partial charge in [0.1, 0.15) is 0 Å². The number of carbonyl (C=O) groups is 1. The van der Waals surface area contributed by atoms with E-state index in [2.05, 4.69) is 72.8 Å². The highest BCUT2D eigenvalue weighted by Crippen LogP contribution is 2.33. The lowest BCUT2D eigenvalue weighted by molar-refractivity contribution is -0.0199. The average molecular weight is 555 g/mol. The summed E-state index contributed by atoms with van der Waals surface area (Å²) in [5.41, 5.74) is 4.68. The number of para-hydroxylation sites is 1. The van der Waals surface area contributed by atoms with Crippen molar-refractivity contribution in [2.24, 2.45) is 0 Å². The number of aryl methyl sites for hydroxylation is 1. The summed E-state index contributed by atoms with van der Waals surface area (Å²) in [6.07, 6.45) is 0.650. The molecule has 7 heteroatoms. The summed E-state index contributed by atoms with van der Waals surface area (Å²) in [6, 6.07) is 31.7. The highest BCUT2D eigenvalue weighted by atomic mass is 32.2. The molecule has 1 saturated heterocycles. The summed E-state index contributed by atoms with van der Waals surface area (Å²) < 4.78 is 8.77. The fourth-order valence-corrected chi connectivity index (χ4v) is 7.40. The van der Waals surface area contributed by atoms with E-state index in [1.165, 1.54) is 31.5 Å². The second-order valence-corrected chi connectivity index (χ2v) is 12.3. The Morgan fingerprint density at radius 1 is 0.974 bits per heavy atom. The number of piperidine rings is 1. The molecule has 2 unspecified atom stereocenters. The van der Waals surface area contributed by atoms with Crippen LogP contribution in [-0.4, -0.2) is 46.0 Å². The normalized spacial score (nSPS) is 17.6. The Hall–Kier alpha value is -3.39. The lowest BCUT2D eigenvalue weighted by atomic mass is 9.86. The largest absolute Gasteiger partial charge is 0.465 e. The fourth-order valence-electron chi connectivity index (χ4n) is 5.27. The van der Waals surface area contributed by atoms with Crippen LogP contribution in [0.5, 0.6) is 0 Å². The van der Waals surface area contributed by atoms with E-state index in [0.29, 0.717) is 19.7 Å². The minimum Gasteiger partial charge on any atom is -0.465 e. The van der Waals surface area contributed by atoms with Gasteiger partial charge < -0.3 is 14.7 Å². The molecule has 2 atom stereocenters. The second kappa shape index (κ2) is 11.8.